The number of aryl methyl sites for hydroxylation is 3. The van der Waals surface area contributed by atoms with Crippen molar-refractivity contribution in [3.8, 4) is 17.1 Å². The standard InChI is InChI=1S/C20H22N8S/c1-4-10-27-18(22-25-26-27)13-29-20-24-23-19(16-6-5-9-21-12-16)28(20)17-8-7-14(2)11-15(17)3/h5-9,11-12H,4,10,13H2,1-3H3. The van der Waals surface area contributed by atoms with Crippen LogP contribution >= 0.6 is 11.8 Å². The van der Waals surface area contributed by atoms with E-state index in [0.29, 0.717) is 5.75 Å². The van der Waals surface area contributed by atoms with Gasteiger partial charge in [-0.2, -0.15) is 0 Å². The Labute approximate surface area is 173 Å². The first kappa shape index (κ1) is 19.3. The van der Waals surface area contributed by atoms with E-state index in [1.807, 2.05) is 16.8 Å². The zero-order chi connectivity index (χ0) is 20.2. The molecule has 0 aliphatic carbocycles. The normalized spacial score (nSPS) is 11.1. The van der Waals surface area contributed by atoms with E-state index in [1.54, 1.807) is 24.2 Å². The Morgan fingerprint density at radius 1 is 1.07 bits per heavy atom. The summed E-state index contributed by atoms with van der Waals surface area (Å²) in [4.78, 5) is 4.24. The lowest BCUT2D eigenvalue weighted by molar-refractivity contribution is 0.564. The summed E-state index contributed by atoms with van der Waals surface area (Å²) in [5.41, 5.74) is 4.35. The first-order chi connectivity index (χ1) is 14.2. The molecule has 9 heteroatoms. The van der Waals surface area contributed by atoms with Crippen molar-refractivity contribution in [2.45, 2.75) is 44.6 Å². The lowest BCUT2D eigenvalue weighted by Gasteiger charge is -2.13. The smallest absolute Gasteiger partial charge is 0.196 e. The van der Waals surface area contributed by atoms with Crippen LogP contribution in [0, 0.1) is 13.8 Å². The third kappa shape index (κ3) is 4.04. The fraction of sp³-hybridized carbons (Fsp3) is 0.300. The molecule has 0 saturated heterocycles. The average Bonchev–Trinajstić information content (AvgIpc) is 3.34. The Morgan fingerprint density at radius 2 is 1.97 bits per heavy atom. The van der Waals surface area contributed by atoms with Gasteiger partial charge in [-0.25, -0.2) is 4.68 Å². The van der Waals surface area contributed by atoms with Crippen LogP contribution in [0.25, 0.3) is 17.1 Å². The summed E-state index contributed by atoms with van der Waals surface area (Å²) in [7, 11) is 0. The molecular weight excluding hydrogens is 384 g/mol. The highest BCUT2D eigenvalue weighted by Gasteiger charge is 2.19. The first-order valence-corrected chi connectivity index (χ1v) is 10.5. The number of rotatable bonds is 7. The summed E-state index contributed by atoms with van der Waals surface area (Å²) in [6.07, 6.45) is 4.54. The molecular formula is C20H22N8S. The molecule has 1 aromatic carbocycles. The Kier molecular flexibility index (Phi) is 5.66. The molecule has 0 unspecified atom stereocenters. The van der Waals surface area contributed by atoms with Gasteiger partial charge in [0.05, 0.1) is 11.4 Å². The molecule has 4 rings (SSSR count). The second kappa shape index (κ2) is 8.52. The van der Waals surface area contributed by atoms with Gasteiger partial charge in [-0.05, 0) is 54.5 Å². The van der Waals surface area contributed by atoms with Crippen LogP contribution in [0.2, 0.25) is 0 Å². The molecule has 29 heavy (non-hydrogen) atoms. The minimum absolute atomic E-state index is 0.614. The number of hydrogen-bond acceptors (Lipinski definition) is 7. The van der Waals surface area contributed by atoms with Gasteiger partial charge >= 0.3 is 0 Å². The maximum Gasteiger partial charge on any atom is 0.196 e. The van der Waals surface area contributed by atoms with E-state index in [1.165, 1.54) is 5.56 Å². The van der Waals surface area contributed by atoms with Crippen LogP contribution in [0.15, 0.2) is 47.9 Å². The zero-order valence-corrected chi connectivity index (χ0v) is 17.5. The fourth-order valence-electron chi connectivity index (χ4n) is 3.16. The van der Waals surface area contributed by atoms with Gasteiger partial charge < -0.3 is 0 Å². The van der Waals surface area contributed by atoms with E-state index < -0.39 is 0 Å². The van der Waals surface area contributed by atoms with E-state index in [2.05, 4.69) is 74.2 Å². The second-order valence-electron chi connectivity index (χ2n) is 6.78. The number of pyridine rings is 1. The molecule has 0 N–H and O–H groups in total. The Morgan fingerprint density at radius 3 is 2.72 bits per heavy atom. The van der Waals surface area contributed by atoms with Gasteiger partial charge in [0.25, 0.3) is 0 Å². The molecule has 0 radical (unpaired) electrons. The number of hydrogen-bond donors (Lipinski definition) is 0. The van der Waals surface area contributed by atoms with Crippen LogP contribution < -0.4 is 0 Å². The van der Waals surface area contributed by atoms with Gasteiger partial charge in [0, 0.05) is 24.5 Å². The minimum Gasteiger partial charge on any atom is -0.270 e. The van der Waals surface area contributed by atoms with Gasteiger partial charge in [-0.15, -0.1) is 15.3 Å². The largest absolute Gasteiger partial charge is 0.270 e. The molecule has 3 heterocycles. The van der Waals surface area contributed by atoms with Crippen LogP contribution in [0.5, 0.6) is 0 Å². The number of benzene rings is 1. The predicted molar refractivity (Wildman–Crippen MR) is 112 cm³/mol. The van der Waals surface area contributed by atoms with Gasteiger partial charge in [0.15, 0.2) is 16.8 Å². The summed E-state index contributed by atoms with van der Waals surface area (Å²) in [5, 5.41) is 21.8. The Balaban J connectivity index is 1.74. The van der Waals surface area contributed by atoms with Crippen molar-refractivity contribution in [1.29, 1.82) is 0 Å². The van der Waals surface area contributed by atoms with E-state index in [0.717, 1.165) is 46.6 Å². The minimum atomic E-state index is 0.614. The zero-order valence-electron chi connectivity index (χ0n) is 16.6. The van der Waals surface area contributed by atoms with Gasteiger partial charge in [0.2, 0.25) is 0 Å². The monoisotopic (exact) mass is 406 g/mol. The second-order valence-corrected chi connectivity index (χ2v) is 7.72. The first-order valence-electron chi connectivity index (χ1n) is 9.48. The van der Waals surface area contributed by atoms with Crippen molar-refractivity contribution in [3.63, 3.8) is 0 Å². The van der Waals surface area contributed by atoms with E-state index >= 15 is 0 Å². The molecule has 0 atom stereocenters. The van der Waals surface area contributed by atoms with Gasteiger partial charge in [-0.1, -0.05) is 36.4 Å². The highest BCUT2D eigenvalue weighted by atomic mass is 32.2. The Bertz CT molecular complexity index is 1100. The van der Waals surface area contributed by atoms with Crippen molar-refractivity contribution < 1.29 is 0 Å². The number of aromatic nitrogens is 8. The molecule has 3 aromatic heterocycles. The van der Waals surface area contributed by atoms with Crippen LogP contribution in [0.1, 0.15) is 30.3 Å². The molecule has 0 spiro atoms. The summed E-state index contributed by atoms with van der Waals surface area (Å²) in [6, 6.07) is 10.3. The van der Waals surface area contributed by atoms with E-state index in [-0.39, 0.29) is 0 Å². The molecule has 0 saturated carbocycles. The summed E-state index contributed by atoms with van der Waals surface area (Å²) in [6.45, 7) is 7.10. The fourth-order valence-corrected chi connectivity index (χ4v) is 4.04. The van der Waals surface area contributed by atoms with Crippen LogP contribution in [-0.4, -0.2) is 40.0 Å². The lowest BCUT2D eigenvalue weighted by atomic mass is 10.1. The topological polar surface area (TPSA) is 87.2 Å². The van der Waals surface area contributed by atoms with Crippen LogP contribution in [0.4, 0.5) is 0 Å². The van der Waals surface area contributed by atoms with Crippen molar-refractivity contribution >= 4 is 11.8 Å². The average molecular weight is 407 g/mol. The van der Waals surface area contributed by atoms with Crippen molar-refractivity contribution in [2.24, 2.45) is 0 Å². The summed E-state index contributed by atoms with van der Waals surface area (Å²) < 4.78 is 3.93. The number of tetrazole rings is 1. The van der Waals surface area contributed by atoms with Gasteiger partial charge in [0.1, 0.15) is 0 Å². The third-order valence-corrected chi connectivity index (χ3v) is 5.44. The van der Waals surface area contributed by atoms with Crippen LogP contribution in [0.3, 0.4) is 0 Å². The molecule has 0 aliphatic rings. The quantitative estimate of drug-likeness (QED) is 0.433. The molecule has 0 amide bonds. The molecule has 8 nitrogen and oxygen atoms in total. The maximum atomic E-state index is 4.48. The van der Waals surface area contributed by atoms with Crippen molar-refractivity contribution in [2.75, 3.05) is 0 Å². The highest BCUT2D eigenvalue weighted by molar-refractivity contribution is 7.98. The van der Waals surface area contributed by atoms with E-state index in [9.17, 15) is 0 Å². The number of thioether (sulfide) groups is 1. The number of nitrogens with zero attached hydrogens (tertiary/aromatic N) is 8. The molecule has 148 valence electrons. The van der Waals surface area contributed by atoms with Crippen molar-refractivity contribution in [3.05, 3.63) is 59.7 Å². The van der Waals surface area contributed by atoms with Crippen LogP contribution in [-0.2, 0) is 12.3 Å². The van der Waals surface area contributed by atoms with E-state index in [4.69, 9.17) is 0 Å². The predicted octanol–water partition coefficient (Wildman–Crippen LogP) is 3.63. The van der Waals surface area contributed by atoms with Crippen molar-refractivity contribution in [1.82, 2.24) is 40.0 Å². The summed E-state index contributed by atoms with van der Waals surface area (Å²) >= 11 is 1.57. The molecule has 0 aliphatic heterocycles. The lowest BCUT2D eigenvalue weighted by Crippen LogP contribution is -2.05. The Hall–Kier alpha value is -3.07. The highest BCUT2D eigenvalue weighted by Crippen LogP contribution is 2.30. The molecule has 0 fully saturated rings. The third-order valence-electron chi connectivity index (χ3n) is 4.52. The summed E-state index contributed by atoms with van der Waals surface area (Å²) in [5.74, 6) is 2.21. The maximum absolute atomic E-state index is 4.48. The van der Waals surface area contributed by atoms with Gasteiger partial charge in [-0.3, -0.25) is 9.55 Å². The molecule has 4 aromatic rings. The SMILES string of the molecule is CCCn1nnnc1CSc1nnc(-c2cccnc2)n1-c1ccc(C)cc1C. The molecule has 0 bridgehead atoms.